The summed E-state index contributed by atoms with van der Waals surface area (Å²) in [4.78, 5) is 21.4. The van der Waals surface area contributed by atoms with Crippen LogP contribution in [0.4, 0.5) is 0 Å². The van der Waals surface area contributed by atoms with Gasteiger partial charge in [-0.15, -0.1) is 0 Å². The van der Waals surface area contributed by atoms with Crippen molar-refractivity contribution in [1.29, 1.82) is 0 Å². The Bertz CT molecular complexity index is 249. The molecule has 0 aliphatic heterocycles. The second kappa shape index (κ2) is 8.95. The van der Waals surface area contributed by atoms with E-state index < -0.39 is 0 Å². The lowest BCUT2D eigenvalue weighted by molar-refractivity contribution is -0.139. The van der Waals surface area contributed by atoms with Crippen LogP contribution in [0.2, 0.25) is 0 Å². The van der Waals surface area contributed by atoms with Gasteiger partial charge < -0.3 is 10.5 Å². The second-order valence-electron chi connectivity index (χ2n) is 3.90. The Morgan fingerprint density at radius 3 is 2.25 bits per heavy atom. The highest BCUT2D eigenvalue weighted by Crippen LogP contribution is 2.05. The van der Waals surface area contributed by atoms with E-state index in [2.05, 4.69) is 6.58 Å². The highest BCUT2D eigenvalue weighted by atomic mass is 16.5. The van der Waals surface area contributed by atoms with Crippen molar-refractivity contribution < 1.29 is 14.3 Å². The maximum atomic E-state index is 11.0. The minimum Gasteiger partial charge on any atom is -0.462 e. The summed E-state index contributed by atoms with van der Waals surface area (Å²) < 4.78 is 4.94. The Labute approximate surface area is 96.8 Å². The number of primary amides is 1. The predicted molar refractivity (Wildman–Crippen MR) is 62.7 cm³/mol. The van der Waals surface area contributed by atoms with Gasteiger partial charge in [-0.3, -0.25) is 4.79 Å². The zero-order chi connectivity index (χ0) is 12.4. The molecule has 0 atom stereocenters. The first-order valence-electron chi connectivity index (χ1n) is 5.65. The zero-order valence-electron chi connectivity index (χ0n) is 9.96. The molecular formula is C12H21NO3. The SMILES string of the molecule is C=C(C)C(=O)OCCCCCCCC(N)=O. The summed E-state index contributed by atoms with van der Waals surface area (Å²) >= 11 is 0. The summed E-state index contributed by atoms with van der Waals surface area (Å²) in [6.07, 6.45) is 5.21. The maximum Gasteiger partial charge on any atom is 0.333 e. The molecule has 4 heteroatoms. The van der Waals surface area contributed by atoms with Crippen LogP contribution in [-0.2, 0) is 14.3 Å². The van der Waals surface area contributed by atoms with Gasteiger partial charge in [0, 0.05) is 12.0 Å². The molecule has 0 aromatic rings. The summed E-state index contributed by atoms with van der Waals surface area (Å²) in [6, 6.07) is 0. The van der Waals surface area contributed by atoms with Crippen molar-refractivity contribution in [2.75, 3.05) is 6.61 Å². The minimum atomic E-state index is -0.325. The van der Waals surface area contributed by atoms with Gasteiger partial charge >= 0.3 is 5.97 Å². The number of esters is 1. The summed E-state index contributed by atoms with van der Waals surface area (Å²) in [6.45, 7) is 5.57. The third-order valence-corrected chi connectivity index (χ3v) is 2.15. The molecule has 0 saturated heterocycles. The van der Waals surface area contributed by atoms with Gasteiger partial charge in [0.15, 0.2) is 0 Å². The van der Waals surface area contributed by atoms with Crippen LogP contribution in [0.1, 0.15) is 45.4 Å². The Balaban J connectivity index is 3.19. The van der Waals surface area contributed by atoms with Gasteiger partial charge in [-0.2, -0.15) is 0 Å². The summed E-state index contributed by atoms with van der Waals surface area (Å²) in [5, 5.41) is 0. The van der Waals surface area contributed by atoms with E-state index in [1.165, 1.54) is 0 Å². The number of hydrogen-bond acceptors (Lipinski definition) is 3. The third-order valence-electron chi connectivity index (χ3n) is 2.15. The highest BCUT2D eigenvalue weighted by Gasteiger charge is 2.01. The number of rotatable bonds is 9. The quantitative estimate of drug-likeness (QED) is 0.372. The van der Waals surface area contributed by atoms with E-state index >= 15 is 0 Å². The fraction of sp³-hybridized carbons (Fsp3) is 0.667. The Morgan fingerprint density at radius 1 is 1.12 bits per heavy atom. The summed E-state index contributed by atoms with van der Waals surface area (Å²) in [5.41, 5.74) is 5.44. The minimum absolute atomic E-state index is 0.240. The fourth-order valence-corrected chi connectivity index (χ4v) is 1.22. The second-order valence-corrected chi connectivity index (χ2v) is 3.90. The molecule has 1 amide bonds. The molecule has 0 heterocycles. The van der Waals surface area contributed by atoms with Crippen LogP contribution in [0.5, 0.6) is 0 Å². The normalized spacial score (nSPS) is 9.81. The molecule has 0 radical (unpaired) electrons. The molecule has 0 rings (SSSR count). The molecule has 0 unspecified atom stereocenters. The summed E-state index contributed by atoms with van der Waals surface area (Å²) in [7, 11) is 0. The van der Waals surface area contributed by atoms with E-state index in [0.717, 1.165) is 32.1 Å². The Morgan fingerprint density at radius 2 is 1.69 bits per heavy atom. The smallest absolute Gasteiger partial charge is 0.333 e. The standard InChI is InChI=1S/C12H21NO3/c1-10(2)12(15)16-9-7-5-3-4-6-8-11(13)14/h1,3-9H2,2H3,(H2,13,14). The molecule has 0 aromatic carbocycles. The number of carbonyl (C=O) groups is 2. The molecule has 0 aromatic heterocycles. The molecule has 0 spiro atoms. The molecule has 0 aliphatic carbocycles. The van der Waals surface area contributed by atoms with Gasteiger partial charge in [0.2, 0.25) is 5.91 Å². The van der Waals surface area contributed by atoms with Crippen molar-refractivity contribution in [2.45, 2.75) is 45.4 Å². The Kier molecular flexibility index (Phi) is 8.21. The van der Waals surface area contributed by atoms with Crippen LogP contribution in [-0.4, -0.2) is 18.5 Å². The first-order valence-corrected chi connectivity index (χ1v) is 5.65. The number of nitrogens with two attached hydrogens (primary N) is 1. The molecule has 92 valence electrons. The number of amides is 1. The molecule has 0 aliphatic rings. The van der Waals surface area contributed by atoms with Crippen molar-refractivity contribution in [2.24, 2.45) is 5.73 Å². The van der Waals surface area contributed by atoms with Gasteiger partial charge in [0.05, 0.1) is 6.61 Å². The maximum absolute atomic E-state index is 11.0. The molecular weight excluding hydrogens is 206 g/mol. The van der Waals surface area contributed by atoms with Crippen LogP contribution >= 0.6 is 0 Å². The van der Waals surface area contributed by atoms with Gasteiger partial charge in [0.1, 0.15) is 0 Å². The van der Waals surface area contributed by atoms with Crippen molar-refractivity contribution >= 4 is 11.9 Å². The van der Waals surface area contributed by atoms with Crippen LogP contribution in [0.25, 0.3) is 0 Å². The number of carbonyl (C=O) groups excluding carboxylic acids is 2. The van der Waals surface area contributed by atoms with Gasteiger partial charge in [-0.1, -0.05) is 25.8 Å². The lowest BCUT2D eigenvalue weighted by Crippen LogP contribution is -2.09. The molecule has 0 bridgehead atoms. The molecule has 16 heavy (non-hydrogen) atoms. The highest BCUT2D eigenvalue weighted by molar-refractivity contribution is 5.86. The average molecular weight is 227 g/mol. The molecule has 0 saturated carbocycles. The van der Waals surface area contributed by atoms with Gasteiger partial charge in [-0.25, -0.2) is 4.79 Å². The van der Waals surface area contributed by atoms with E-state index in [1.807, 2.05) is 0 Å². The monoisotopic (exact) mass is 227 g/mol. The van der Waals surface area contributed by atoms with Crippen LogP contribution < -0.4 is 5.73 Å². The van der Waals surface area contributed by atoms with Gasteiger partial charge in [-0.05, 0) is 19.8 Å². The number of unbranched alkanes of at least 4 members (excludes halogenated alkanes) is 4. The molecule has 0 fully saturated rings. The van der Waals surface area contributed by atoms with Gasteiger partial charge in [0.25, 0.3) is 0 Å². The average Bonchev–Trinajstić information content (AvgIpc) is 2.21. The van der Waals surface area contributed by atoms with E-state index in [-0.39, 0.29) is 11.9 Å². The Hall–Kier alpha value is -1.32. The van der Waals surface area contributed by atoms with E-state index in [9.17, 15) is 9.59 Å². The predicted octanol–water partition coefficient (Wildman–Crippen LogP) is 1.93. The van der Waals surface area contributed by atoms with Crippen molar-refractivity contribution in [1.82, 2.24) is 0 Å². The van der Waals surface area contributed by atoms with E-state index in [1.54, 1.807) is 6.92 Å². The topological polar surface area (TPSA) is 69.4 Å². The molecule has 2 N–H and O–H groups in total. The van der Waals surface area contributed by atoms with Crippen molar-refractivity contribution in [3.63, 3.8) is 0 Å². The first-order chi connectivity index (χ1) is 7.54. The fourth-order valence-electron chi connectivity index (χ4n) is 1.22. The lowest BCUT2D eigenvalue weighted by Gasteiger charge is -2.03. The first kappa shape index (κ1) is 14.7. The number of ether oxygens (including phenoxy) is 1. The van der Waals surface area contributed by atoms with Crippen LogP contribution in [0.15, 0.2) is 12.2 Å². The largest absolute Gasteiger partial charge is 0.462 e. The van der Waals surface area contributed by atoms with E-state index in [4.69, 9.17) is 10.5 Å². The van der Waals surface area contributed by atoms with Crippen molar-refractivity contribution in [3.8, 4) is 0 Å². The van der Waals surface area contributed by atoms with Crippen molar-refractivity contribution in [3.05, 3.63) is 12.2 Å². The third kappa shape index (κ3) is 9.24. The summed E-state index contributed by atoms with van der Waals surface area (Å²) in [5.74, 6) is -0.566. The molecule has 4 nitrogen and oxygen atoms in total. The van der Waals surface area contributed by atoms with Crippen LogP contribution in [0.3, 0.4) is 0 Å². The number of hydrogen-bond donors (Lipinski definition) is 1. The van der Waals surface area contributed by atoms with Crippen LogP contribution in [0, 0.1) is 0 Å². The van der Waals surface area contributed by atoms with E-state index in [0.29, 0.717) is 18.6 Å². The zero-order valence-corrected chi connectivity index (χ0v) is 9.96. The lowest BCUT2D eigenvalue weighted by atomic mass is 10.1.